The van der Waals surface area contributed by atoms with Gasteiger partial charge in [0.1, 0.15) is 4.21 Å². The molecule has 7 heteroatoms. The largest absolute Gasteiger partial charge is 0.378 e. The molecular weight excluding hydrogens is 348 g/mol. The molecule has 0 amide bonds. The molecule has 1 aromatic heterocycles. The smallest absolute Gasteiger partial charge is 0.271 e. The first-order valence-corrected chi connectivity index (χ1v) is 8.53. The Morgan fingerprint density at radius 1 is 1.11 bits per heavy atom. The zero-order chi connectivity index (χ0) is 14.0. The van der Waals surface area contributed by atoms with Crippen molar-refractivity contribution in [2.75, 3.05) is 23.7 Å². The quantitative estimate of drug-likeness (QED) is 0.908. The Hall–Kier alpha value is -1.05. The molecule has 0 unspecified atom stereocenters. The lowest BCUT2D eigenvalue weighted by Gasteiger charge is -2.13. The van der Waals surface area contributed by atoms with Crippen molar-refractivity contribution in [3.8, 4) is 0 Å². The van der Waals surface area contributed by atoms with Gasteiger partial charge in [-0.2, -0.15) is 0 Å². The van der Waals surface area contributed by atoms with Crippen molar-refractivity contribution >= 4 is 48.7 Å². The van der Waals surface area contributed by atoms with E-state index in [1.807, 2.05) is 31.1 Å². The number of thiophene rings is 1. The van der Waals surface area contributed by atoms with E-state index in [1.165, 1.54) is 11.3 Å². The molecular formula is C12H13BrN2O2S2. The minimum atomic E-state index is -3.50. The molecule has 0 aliphatic heterocycles. The summed E-state index contributed by atoms with van der Waals surface area (Å²) >= 11 is 4.44. The molecule has 2 rings (SSSR count). The highest BCUT2D eigenvalue weighted by Crippen LogP contribution is 2.28. The molecule has 0 atom stereocenters. The van der Waals surface area contributed by atoms with E-state index in [4.69, 9.17) is 0 Å². The Kier molecular flexibility index (Phi) is 4.17. The molecule has 2 aromatic rings. The Labute approximate surface area is 125 Å². The van der Waals surface area contributed by atoms with Crippen LogP contribution >= 0.6 is 27.3 Å². The van der Waals surface area contributed by atoms with Crippen molar-refractivity contribution in [3.63, 3.8) is 0 Å². The van der Waals surface area contributed by atoms with E-state index in [9.17, 15) is 8.42 Å². The van der Waals surface area contributed by atoms with Crippen molar-refractivity contribution in [3.05, 3.63) is 40.2 Å². The van der Waals surface area contributed by atoms with E-state index in [0.717, 1.165) is 9.47 Å². The summed E-state index contributed by atoms with van der Waals surface area (Å²) in [5, 5.41) is 0. The number of benzene rings is 1. The lowest BCUT2D eigenvalue weighted by Crippen LogP contribution is -2.12. The molecule has 0 aliphatic carbocycles. The zero-order valence-corrected chi connectivity index (χ0v) is 13.6. The lowest BCUT2D eigenvalue weighted by molar-refractivity contribution is 0.603. The van der Waals surface area contributed by atoms with Crippen LogP contribution in [-0.4, -0.2) is 22.5 Å². The maximum atomic E-state index is 12.1. The van der Waals surface area contributed by atoms with Gasteiger partial charge in [0.25, 0.3) is 10.0 Å². The Balaban J connectivity index is 2.21. The van der Waals surface area contributed by atoms with Gasteiger partial charge in [-0.15, -0.1) is 11.3 Å². The second kappa shape index (κ2) is 5.52. The van der Waals surface area contributed by atoms with E-state index in [0.29, 0.717) is 5.69 Å². The first kappa shape index (κ1) is 14.4. The highest BCUT2D eigenvalue weighted by atomic mass is 79.9. The van der Waals surface area contributed by atoms with Crippen molar-refractivity contribution < 1.29 is 8.42 Å². The van der Waals surface area contributed by atoms with Crippen LogP contribution < -0.4 is 9.62 Å². The monoisotopic (exact) mass is 360 g/mol. The number of hydrogen-bond acceptors (Lipinski definition) is 4. The Morgan fingerprint density at radius 2 is 1.74 bits per heavy atom. The van der Waals surface area contributed by atoms with Crippen molar-refractivity contribution in [1.29, 1.82) is 0 Å². The average Bonchev–Trinajstić information content (AvgIpc) is 2.77. The van der Waals surface area contributed by atoms with Crippen LogP contribution in [0.2, 0.25) is 0 Å². The van der Waals surface area contributed by atoms with Gasteiger partial charge in [0.2, 0.25) is 0 Å². The van der Waals surface area contributed by atoms with Gasteiger partial charge in [-0.25, -0.2) is 8.42 Å². The van der Waals surface area contributed by atoms with Crippen LogP contribution in [-0.2, 0) is 10.0 Å². The second-order valence-corrected chi connectivity index (χ2v) is 8.48. The fraction of sp³-hybridized carbons (Fsp3) is 0.167. The average molecular weight is 361 g/mol. The fourth-order valence-electron chi connectivity index (χ4n) is 1.48. The van der Waals surface area contributed by atoms with Crippen LogP contribution in [0.3, 0.4) is 0 Å². The molecule has 1 heterocycles. The third-order valence-electron chi connectivity index (χ3n) is 2.45. The number of halogens is 1. The third kappa shape index (κ3) is 3.49. The first-order valence-electron chi connectivity index (χ1n) is 5.44. The molecule has 19 heavy (non-hydrogen) atoms. The molecule has 0 bridgehead atoms. The predicted octanol–water partition coefficient (Wildman–Crippen LogP) is 3.38. The summed E-state index contributed by atoms with van der Waals surface area (Å²) < 4.78 is 27.8. The first-order chi connectivity index (χ1) is 8.88. The van der Waals surface area contributed by atoms with Gasteiger partial charge in [0.05, 0.1) is 3.79 Å². The summed E-state index contributed by atoms with van der Waals surface area (Å²) in [6, 6.07) is 10.5. The van der Waals surface area contributed by atoms with Gasteiger partial charge in [0.15, 0.2) is 0 Å². The summed E-state index contributed by atoms with van der Waals surface area (Å²) in [6.45, 7) is 0. The summed E-state index contributed by atoms with van der Waals surface area (Å²) in [4.78, 5) is 1.95. The van der Waals surface area contributed by atoms with Gasteiger partial charge in [-0.1, -0.05) is 0 Å². The summed E-state index contributed by atoms with van der Waals surface area (Å²) in [7, 11) is 0.365. The van der Waals surface area contributed by atoms with Crippen LogP contribution in [0.1, 0.15) is 0 Å². The van der Waals surface area contributed by atoms with Gasteiger partial charge in [-0.05, 0) is 52.3 Å². The fourth-order valence-corrected chi connectivity index (χ4v) is 4.54. The van der Waals surface area contributed by atoms with Crippen molar-refractivity contribution in [2.45, 2.75) is 4.21 Å². The van der Waals surface area contributed by atoms with Gasteiger partial charge in [-0.3, -0.25) is 4.72 Å². The normalized spacial score (nSPS) is 11.3. The number of rotatable bonds is 4. The molecule has 0 aliphatic rings. The number of anilines is 2. The SMILES string of the molecule is CN(C)c1ccc(NS(=O)(=O)c2ccc(Br)s2)cc1. The van der Waals surface area contributed by atoms with Crippen molar-refractivity contribution in [1.82, 2.24) is 0 Å². The Bertz CT molecular complexity index is 663. The highest BCUT2D eigenvalue weighted by Gasteiger charge is 2.16. The molecule has 1 aromatic carbocycles. The van der Waals surface area contributed by atoms with E-state index >= 15 is 0 Å². The molecule has 4 nitrogen and oxygen atoms in total. The molecule has 102 valence electrons. The molecule has 0 saturated heterocycles. The molecule has 0 saturated carbocycles. The second-order valence-electron chi connectivity index (χ2n) is 4.11. The van der Waals surface area contributed by atoms with Crippen LogP contribution in [0.4, 0.5) is 11.4 Å². The van der Waals surface area contributed by atoms with E-state index in [-0.39, 0.29) is 4.21 Å². The van der Waals surface area contributed by atoms with Crippen LogP contribution in [0.5, 0.6) is 0 Å². The highest BCUT2D eigenvalue weighted by molar-refractivity contribution is 9.11. The lowest BCUT2D eigenvalue weighted by atomic mass is 10.3. The van der Waals surface area contributed by atoms with Crippen LogP contribution in [0, 0.1) is 0 Å². The third-order valence-corrected chi connectivity index (χ3v) is 5.95. The summed E-state index contributed by atoms with van der Waals surface area (Å²) in [6.07, 6.45) is 0. The molecule has 1 N–H and O–H groups in total. The predicted molar refractivity (Wildman–Crippen MR) is 83.6 cm³/mol. The van der Waals surface area contributed by atoms with Crippen LogP contribution in [0.15, 0.2) is 44.4 Å². The molecule has 0 fully saturated rings. The van der Waals surface area contributed by atoms with Crippen LogP contribution in [0.25, 0.3) is 0 Å². The Morgan fingerprint density at radius 3 is 2.21 bits per heavy atom. The number of nitrogens with zero attached hydrogens (tertiary/aromatic N) is 1. The standard InChI is InChI=1S/C12H13BrN2O2S2/c1-15(2)10-5-3-9(4-6-10)14-19(16,17)12-8-7-11(13)18-12/h3-8,14H,1-2H3. The summed E-state index contributed by atoms with van der Waals surface area (Å²) in [5.41, 5.74) is 1.57. The molecule has 0 radical (unpaired) electrons. The molecule has 0 spiro atoms. The minimum Gasteiger partial charge on any atom is -0.378 e. The zero-order valence-electron chi connectivity index (χ0n) is 10.4. The number of hydrogen-bond donors (Lipinski definition) is 1. The summed E-state index contributed by atoms with van der Waals surface area (Å²) in [5.74, 6) is 0. The maximum absolute atomic E-state index is 12.1. The van der Waals surface area contributed by atoms with Crippen molar-refractivity contribution in [2.24, 2.45) is 0 Å². The van der Waals surface area contributed by atoms with Gasteiger partial charge in [0, 0.05) is 25.5 Å². The van der Waals surface area contributed by atoms with Gasteiger partial charge < -0.3 is 4.90 Å². The number of sulfonamides is 1. The minimum absolute atomic E-state index is 0.288. The van der Waals surface area contributed by atoms with E-state index < -0.39 is 10.0 Å². The van der Waals surface area contributed by atoms with E-state index in [1.54, 1.807) is 24.3 Å². The maximum Gasteiger partial charge on any atom is 0.271 e. The number of nitrogens with one attached hydrogen (secondary N) is 1. The van der Waals surface area contributed by atoms with E-state index in [2.05, 4.69) is 20.7 Å². The van der Waals surface area contributed by atoms with Gasteiger partial charge >= 0.3 is 0 Å². The topological polar surface area (TPSA) is 49.4 Å².